The summed E-state index contributed by atoms with van der Waals surface area (Å²) in [5.74, 6) is -0.340. The van der Waals surface area contributed by atoms with E-state index in [2.05, 4.69) is 22.0 Å². The molecular weight excluding hydrogens is 460 g/mol. The SMILES string of the molecule is CCN1CCN(c2ccc(NC(=O)c3cccc(S(=O)(=O)N4CCc5ccccc54)c3)cc2)CC1. The lowest BCUT2D eigenvalue weighted by Gasteiger charge is -2.35. The lowest BCUT2D eigenvalue weighted by Crippen LogP contribution is -2.46. The van der Waals surface area contributed by atoms with Crippen molar-refractivity contribution in [1.82, 2.24) is 4.90 Å². The number of carbonyl (C=O) groups excluding carboxylic acids is 1. The Kier molecular flexibility index (Phi) is 6.49. The third-order valence-electron chi connectivity index (χ3n) is 6.84. The lowest BCUT2D eigenvalue weighted by molar-refractivity contribution is 0.102. The Hall–Kier alpha value is -3.36. The van der Waals surface area contributed by atoms with Crippen LogP contribution in [0.15, 0.2) is 77.7 Å². The average Bonchev–Trinajstić information content (AvgIpc) is 3.34. The van der Waals surface area contributed by atoms with E-state index in [1.807, 2.05) is 48.5 Å². The molecule has 0 bridgehead atoms. The van der Waals surface area contributed by atoms with Gasteiger partial charge in [0.15, 0.2) is 0 Å². The van der Waals surface area contributed by atoms with Crippen molar-refractivity contribution in [2.24, 2.45) is 0 Å². The van der Waals surface area contributed by atoms with E-state index in [-0.39, 0.29) is 10.8 Å². The van der Waals surface area contributed by atoms with Gasteiger partial charge >= 0.3 is 0 Å². The molecule has 0 aromatic heterocycles. The summed E-state index contributed by atoms with van der Waals surface area (Å²) in [4.78, 5) is 17.8. The van der Waals surface area contributed by atoms with E-state index in [4.69, 9.17) is 0 Å². The Morgan fingerprint density at radius 2 is 1.63 bits per heavy atom. The van der Waals surface area contributed by atoms with Gasteiger partial charge in [-0.05, 0) is 67.1 Å². The van der Waals surface area contributed by atoms with Gasteiger partial charge in [0.25, 0.3) is 15.9 Å². The highest BCUT2D eigenvalue weighted by atomic mass is 32.2. The molecule has 0 spiro atoms. The highest BCUT2D eigenvalue weighted by Crippen LogP contribution is 2.33. The topological polar surface area (TPSA) is 73.0 Å². The molecule has 3 aromatic rings. The van der Waals surface area contributed by atoms with Gasteiger partial charge in [-0.1, -0.05) is 31.2 Å². The first-order chi connectivity index (χ1) is 17.0. The molecule has 182 valence electrons. The normalized spacial score (nSPS) is 16.3. The molecule has 0 radical (unpaired) electrons. The van der Waals surface area contributed by atoms with Crippen LogP contribution in [0.2, 0.25) is 0 Å². The van der Waals surface area contributed by atoms with Gasteiger partial charge in [-0.2, -0.15) is 0 Å². The third kappa shape index (κ3) is 4.76. The van der Waals surface area contributed by atoms with Gasteiger partial charge in [-0.15, -0.1) is 0 Å². The van der Waals surface area contributed by atoms with Gasteiger partial charge in [0, 0.05) is 49.7 Å². The number of para-hydroxylation sites is 1. The first-order valence-corrected chi connectivity index (χ1v) is 13.5. The summed E-state index contributed by atoms with van der Waals surface area (Å²) in [7, 11) is -3.76. The van der Waals surface area contributed by atoms with Crippen molar-refractivity contribution in [2.45, 2.75) is 18.2 Å². The van der Waals surface area contributed by atoms with Gasteiger partial charge in [0.2, 0.25) is 0 Å². The quantitative estimate of drug-likeness (QED) is 0.569. The predicted molar refractivity (Wildman–Crippen MR) is 140 cm³/mol. The van der Waals surface area contributed by atoms with E-state index in [1.165, 1.54) is 10.4 Å². The van der Waals surface area contributed by atoms with E-state index >= 15 is 0 Å². The minimum Gasteiger partial charge on any atom is -0.369 e. The monoisotopic (exact) mass is 490 g/mol. The molecule has 7 nitrogen and oxygen atoms in total. The van der Waals surface area contributed by atoms with Crippen LogP contribution in [-0.2, 0) is 16.4 Å². The van der Waals surface area contributed by atoms with Gasteiger partial charge in [-0.25, -0.2) is 8.42 Å². The number of amides is 1. The molecule has 0 unspecified atom stereocenters. The van der Waals surface area contributed by atoms with E-state index in [0.29, 0.717) is 29.9 Å². The molecule has 1 saturated heterocycles. The van der Waals surface area contributed by atoms with Crippen LogP contribution in [0, 0.1) is 0 Å². The van der Waals surface area contributed by atoms with Crippen molar-refractivity contribution in [3.63, 3.8) is 0 Å². The number of nitrogens with one attached hydrogen (secondary N) is 1. The van der Waals surface area contributed by atoms with Crippen molar-refractivity contribution < 1.29 is 13.2 Å². The fourth-order valence-corrected chi connectivity index (χ4v) is 6.31. The molecule has 2 aliphatic rings. The number of hydrogen-bond acceptors (Lipinski definition) is 5. The first kappa shape index (κ1) is 23.4. The molecule has 35 heavy (non-hydrogen) atoms. The number of benzene rings is 3. The minimum atomic E-state index is -3.76. The van der Waals surface area contributed by atoms with Crippen molar-refractivity contribution >= 4 is 33.0 Å². The highest BCUT2D eigenvalue weighted by molar-refractivity contribution is 7.92. The number of rotatable bonds is 6. The van der Waals surface area contributed by atoms with Crippen LogP contribution in [0.4, 0.5) is 17.1 Å². The second kappa shape index (κ2) is 9.71. The number of fused-ring (bicyclic) bond motifs is 1. The zero-order valence-electron chi connectivity index (χ0n) is 19.9. The highest BCUT2D eigenvalue weighted by Gasteiger charge is 2.31. The molecule has 0 saturated carbocycles. The molecule has 3 aromatic carbocycles. The van der Waals surface area contributed by atoms with Crippen LogP contribution < -0.4 is 14.5 Å². The zero-order valence-corrected chi connectivity index (χ0v) is 20.7. The van der Waals surface area contributed by atoms with E-state index in [0.717, 1.165) is 44.0 Å². The van der Waals surface area contributed by atoms with Crippen LogP contribution in [0.5, 0.6) is 0 Å². The van der Waals surface area contributed by atoms with E-state index < -0.39 is 10.0 Å². The maximum atomic E-state index is 13.3. The number of nitrogens with zero attached hydrogens (tertiary/aromatic N) is 3. The Morgan fingerprint density at radius 1 is 0.886 bits per heavy atom. The molecule has 5 rings (SSSR count). The molecule has 1 amide bonds. The van der Waals surface area contributed by atoms with Crippen LogP contribution in [0.25, 0.3) is 0 Å². The summed E-state index contributed by atoms with van der Waals surface area (Å²) in [6, 6.07) is 21.6. The molecule has 2 heterocycles. The van der Waals surface area contributed by atoms with Crippen LogP contribution in [0.3, 0.4) is 0 Å². The number of anilines is 3. The summed E-state index contributed by atoms with van der Waals surface area (Å²) in [6.45, 7) is 7.74. The number of likely N-dealkylation sites (N-methyl/N-ethyl adjacent to an activating group) is 1. The van der Waals surface area contributed by atoms with Crippen molar-refractivity contribution in [1.29, 1.82) is 0 Å². The Bertz CT molecular complexity index is 1320. The van der Waals surface area contributed by atoms with Crippen LogP contribution >= 0.6 is 0 Å². The smallest absolute Gasteiger partial charge is 0.264 e. The third-order valence-corrected chi connectivity index (χ3v) is 8.65. The van der Waals surface area contributed by atoms with Gasteiger partial charge < -0.3 is 15.1 Å². The van der Waals surface area contributed by atoms with Crippen molar-refractivity contribution in [3.05, 3.63) is 83.9 Å². The summed E-state index contributed by atoms with van der Waals surface area (Å²) in [5.41, 5.74) is 3.84. The second-order valence-corrected chi connectivity index (χ2v) is 10.8. The lowest BCUT2D eigenvalue weighted by atomic mass is 10.2. The summed E-state index contributed by atoms with van der Waals surface area (Å²) in [6.07, 6.45) is 0.680. The number of carbonyl (C=O) groups is 1. The minimum absolute atomic E-state index is 0.114. The van der Waals surface area contributed by atoms with Gasteiger partial charge in [0.1, 0.15) is 0 Å². The Balaban J connectivity index is 1.28. The summed E-state index contributed by atoms with van der Waals surface area (Å²) < 4.78 is 28.1. The predicted octanol–water partition coefficient (Wildman–Crippen LogP) is 3.83. The number of piperazine rings is 1. The van der Waals surface area contributed by atoms with Crippen molar-refractivity contribution in [3.8, 4) is 0 Å². The van der Waals surface area contributed by atoms with E-state index in [1.54, 1.807) is 18.2 Å². The maximum Gasteiger partial charge on any atom is 0.264 e. The molecule has 8 heteroatoms. The van der Waals surface area contributed by atoms with Gasteiger partial charge in [0.05, 0.1) is 10.6 Å². The maximum absolute atomic E-state index is 13.3. The molecular formula is C27H30N4O3S. The Morgan fingerprint density at radius 3 is 2.37 bits per heavy atom. The largest absolute Gasteiger partial charge is 0.369 e. The van der Waals surface area contributed by atoms with Crippen LogP contribution in [-0.4, -0.2) is 58.5 Å². The number of sulfonamides is 1. The van der Waals surface area contributed by atoms with Gasteiger partial charge in [-0.3, -0.25) is 9.10 Å². The average molecular weight is 491 g/mol. The molecule has 2 aliphatic heterocycles. The Labute approximate surface area is 207 Å². The molecule has 0 aliphatic carbocycles. The van der Waals surface area contributed by atoms with Crippen LogP contribution in [0.1, 0.15) is 22.8 Å². The van der Waals surface area contributed by atoms with Crippen molar-refractivity contribution in [2.75, 3.05) is 53.8 Å². The fourth-order valence-electron chi connectivity index (χ4n) is 4.76. The second-order valence-electron chi connectivity index (χ2n) is 8.91. The molecule has 0 atom stereocenters. The summed E-state index contributed by atoms with van der Waals surface area (Å²) >= 11 is 0. The van der Waals surface area contributed by atoms with E-state index in [9.17, 15) is 13.2 Å². The molecule has 1 N–H and O–H groups in total. The number of hydrogen-bond donors (Lipinski definition) is 1. The summed E-state index contributed by atoms with van der Waals surface area (Å²) in [5, 5.41) is 2.89. The molecule has 1 fully saturated rings. The zero-order chi connectivity index (χ0) is 24.4. The first-order valence-electron chi connectivity index (χ1n) is 12.0. The standard InChI is InChI=1S/C27H30N4O3S/c1-2-29-16-18-30(19-17-29)24-12-10-23(11-13-24)28-27(32)22-7-5-8-25(20-22)35(33,34)31-15-14-21-6-3-4-9-26(21)31/h3-13,20H,2,14-19H2,1H3,(H,28,32). The fraction of sp³-hybridized carbons (Fsp3) is 0.296.